The fourth-order valence-electron chi connectivity index (χ4n) is 17.7. The van der Waals surface area contributed by atoms with E-state index in [9.17, 15) is 61.0 Å². The molecule has 3 saturated heterocycles. The van der Waals surface area contributed by atoms with Gasteiger partial charge in [0.25, 0.3) is 29.5 Å². The largest absolute Gasteiger partial charge is 0.495 e. The first-order valence-electron chi connectivity index (χ1n) is 46.1. The van der Waals surface area contributed by atoms with Crippen LogP contribution in [-0.2, 0) is 57.5 Å². The Hall–Kier alpha value is -13.1. The number of amides is 7. The van der Waals surface area contributed by atoms with Gasteiger partial charge in [0.1, 0.15) is 47.5 Å². The molecule has 0 radical (unpaired) electrons. The van der Waals surface area contributed by atoms with Crippen molar-refractivity contribution < 1.29 is 114 Å². The van der Waals surface area contributed by atoms with Gasteiger partial charge in [0, 0.05) is 149 Å². The Morgan fingerprint density at radius 1 is 0.436 bits per heavy atom. The first kappa shape index (κ1) is 106. The quantitative estimate of drug-likeness (QED) is 0.0143. The molecule has 6 aliphatic heterocycles. The number of alkyl halides is 6. The van der Waals surface area contributed by atoms with Crippen molar-refractivity contribution in [2.75, 3.05) is 186 Å². The second-order valence-corrected chi connectivity index (χ2v) is 34.8. The molecule has 6 fully saturated rings. The maximum atomic E-state index is 15.0. The number of hydrazine groups is 3. The molecule has 0 spiro atoms. The Balaban J connectivity index is 0.000000174. The minimum Gasteiger partial charge on any atom is -0.495 e. The average molecular weight is 2040 g/mol. The van der Waals surface area contributed by atoms with Crippen molar-refractivity contribution >= 4 is 117 Å². The van der Waals surface area contributed by atoms with Crippen LogP contribution in [0, 0.1) is 7.43 Å². The second kappa shape index (κ2) is 48.2. The number of nitrogens with one attached hydrogen (secondary N) is 6. The number of halogens is 6. The number of aromatic carboxylic acids is 1. The summed E-state index contributed by atoms with van der Waals surface area (Å²) in [5.74, 6) is -8.45. The topological polar surface area (TPSA) is 414 Å². The Bertz CT molecular complexity index is 5610. The molecule has 5 aromatic carbocycles. The number of nitrogens with two attached hydrogens (primary N) is 1. The third kappa shape index (κ3) is 26.3. The van der Waals surface area contributed by atoms with Gasteiger partial charge in [-0.05, 0) is 104 Å². The summed E-state index contributed by atoms with van der Waals surface area (Å²) in [5.41, 5.74) is 10.5. The molecule has 7 amide bonds. The predicted octanol–water partition coefficient (Wildman–Crippen LogP) is 12.0. The summed E-state index contributed by atoms with van der Waals surface area (Å²) in [6, 6.07) is 32.7. The number of carboxylic acids is 1. The second-order valence-electron chi connectivity index (χ2n) is 34.8. The smallest absolute Gasteiger partial charge is 0.410 e. The van der Waals surface area contributed by atoms with Gasteiger partial charge in [0.15, 0.2) is 17.5 Å². The van der Waals surface area contributed by atoms with Crippen molar-refractivity contribution in [1.82, 2.24) is 70.9 Å². The Kier molecular flexibility index (Phi) is 36.4. The number of carbonyl (C=O) groups is 8. The number of carbonyl (C=O) groups excluding carboxylic acids is 7. The van der Waals surface area contributed by atoms with Gasteiger partial charge in [-0.3, -0.25) is 40.7 Å². The van der Waals surface area contributed by atoms with Crippen LogP contribution in [0.5, 0.6) is 17.2 Å². The average Bonchev–Trinajstić information content (AvgIpc) is 1.61. The van der Waals surface area contributed by atoms with Gasteiger partial charge in [-0.1, -0.05) is 118 Å². The molecule has 3 aromatic heterocycles. The Labute approximate surface area is 821 Å². The zero-order valence-corrected chi connectivity index (χ0v) is 80.6. The molecule has 9 heterocycles. The number of methoxy groups -OCH3 is 3. The van der Waals surface area contributed by atoms with Crippen LogP contribution in [-0.4, -0.2) is 284 Å². The van der Waals surface area contributed by atoms with Crippen LogP contribution in [0.4, 0.5) is 105 Å². The Morgan fingerprint density at radius 2 is 0.743 bits per heavy atom. The summed E-state index contributed by atoms with van der Waals surface area (Å²) in [4.78, 5) is 136. The van der Waals surface area contributed by atoms with Crippen molar-refractivity contribution in [3.8, 4) is 17.2 Å². The number of fused-ring (bicyclic) bond motifs is 3. The van der Waals surface area contributed by atoms with Crippen molar-refractivity contribution in [2.45, 2.75) is 145 Å². The van der Waals surface area contributed by atoms with Crippen LogP contribution in [0.1, 0.15) is 139 Å². The normalized spacial score (nSPS) is 18.5. The first-order chi connectivity index (χ1) is 66.3. The summed E-state index contributed by atoms with van der Waals surface area (Å²) in [7, 11) is 8.28. The van der Waals surface area contributed by atoms with Gasteiger partial charge in [0.2, 0.25) is 17.8 Å². The molecule has 0 bridgehead atoms. The molecule has 0 atom stereocenters. The molecular formula is C95H119F6N24O14Pd-. The van der Waals surface area contributed by atoms with E-state index in [0.717, 1.165) is 135 Å². The van der Waals surface area contributed by atoms with Crippen LogP contribution in [0.25, 0.3) is 0 Å². The van der Waals surface area contributed by atoms with Crippen LogP contribution in [0.3, 0.4) is 0 Å². The number of benzene rings is 5. The first-order valence-corrected chi connectivity index (χ1v) is 46.1. The molecule has 38 nitrogen and oxygen atoms in total. The van der Waals surface area contributed by atoms with E-state index < -0.39 is 67.2 Å². The molecule has 17 rings (SSSR count). The number of aromatic nitrogens is 6. The maximum Gasteiger partial charge on any atom is 0.410 e. The standard InChI is InChI=1S/C34H40F2N8O5.C26H34F2N8O3.C22H25F2N5O4.C12H17N3O2.CH3.Pd/c1-41-27-20-37-32(39-29(27)44(22-34(35,36)31(41)46)25-11-7-4-8-12-25)38-26-14-13-24(19-28(26)48-2)30(45)40-43-17-15-42(16-18-43)33(47)49-21-23-9-5-3-6-10-23;1-34-20-15-30-25(32-22(20)36(16-26(27,28)24(34)38)18-6-4-3-5-7-18)31-19-9-8-17(14-21(19)39-2)23(37)33-35-12-10-29-11-13-35;1-28-16-11-25-21(26-15-9-8-13(19(30)31)10-17(15)33-2)27-18(16)29(12-22(23,24)20(28)32)14-6-4-3-5-7-14;13-15-8-6-14(7-9-15)12(16)17-10-11-4-2-1-3-5-11;;/h3,5-6,9-10,13-14,19-20,25H,4,7-8,11-12,15-18,21-22H2,1-2H3,(H,40,45)(H,37,38,39);8-9,14-15,18,29H,3-7,10-13,16H2,1-2H3,(H,33,37)(H,30,31,32);8-11,14H,3-7,12H2,1-2H3,(H,30,31)(H,25,26,27);1-5H,6-10,13H2;1H3;/q;;;;-1;. The molecule has 0 unspecified atom stereocenters. The molecule has 756 valence electrons. The van der Waals surface area contributed by atoms with E-state index in [1.165, 1.54) is 84.2 Å². The van der Waals surface area contributed by atoms with Gasteiger partial charge in [-0.25, -0.2) is 44.4 Å². The summed E-state index contributed by atoms with van der Waals surface area (Å²) in [5, 5.41) is 26.9. The summed E-state index contributed by atoms with van der Waals surface area (Å²) >= 11 is 0. The zero-order chi connectivity index (χ0) is 98.0. The molecular weight excluding hydrogens is 1920 g/mol. The third-order valence-corrected chi connectivity index (χ3v) is 25.4. The van der Waals surface area contributed by atoms with Crippen LogP contribution >= 0.6 is 0 Å². The minimum absolute atomic E-state index is 0. The number of carboxylic acid groups (broad SMARTS) is 1. The molecule has 3 saturated carbocycles. The fourth-order valence-corrected chi connectivity index (χ4v) is 17.7. The summed E-state index contributed by atoms with van der Waals surface area (Å²) in [6.07, 6.45) is 16.6. The van der Waals surface area contributed by atoms with Gasteiger partial charge in [-0.2, -0.15) is 41.3 Å². The van der Waals surface area contributed by atoms with Gasteiger partial charge in [0.05, 0.1) is 82.2 Å². The van der Waals surface area contributed by atoms with E-state index in [4.69, 9.17) is 29.5 Å². The van der Waals surface area contributed by atoms with Crippen LogP contribution in [0.2, 0.25) is 0 Å². The van der Waals surface area contributed by atoms with E-state index in [2.05, 4.69) is 62.0 Å². The van der Waals surface area contributed by atoms with Crippen molar-refractivity contribution in [2.24, 2.45) is 5.84 Å². The van der Waals surface area contributed by atoms with Crippen LogP contribution < -0.4 is 81.6 Å². The molecule has 3 aliphatic carbocycles. The number of nitrogens with zero attached hydrogens (tertiary/aromatic N) is 17. The molecule has 8 aromatic rings. The zero-order valence-electron chi connectivity index (χ0n) is 79.1. The molecule has 9 N–H and O–H groups in total. The van der Waals surface area contributed by atoms with E-state index >= 15 is 8.78 Å². The van der Waals surface area contributed by atoms with Crippen molar-refractivity contribution in [1.29, 1.82) is 0 Å². The molecule has 140 heavy (non-hydrogen) atoms. The summed E-state index contributed by atoms with van der Waals surface area (Å²) < 4.78 is 116. The number of hydrogen-bond donors (Lipinski definition) is 8. The minimum atomic E-state index is -3.58. The monoisotopic (exact) mass is 2040 g/mol. The number of ether oxygens (including phenoxy) is 5. The van der Waals surface area contributed by atoms with Crippen LogP contribution in [0.15, 0.2) is 134 Å². The third-order valence-electron chi connectivity index (χ3n) is 25.4. The fraction of sp³-hybridized carbons (Fsp3) is 0.463. The number of anilines is 12. The Morgan fingerprint density at radius 3 is 1.06 bits per heavy atom. The summed E-state index contributed by atoms with van der Waals surface area (Å²) in [6.45, 7) is 5.56. The number of piperazine rings is 3. The molecule has 9 aliphatic rings. The van der Waals surface area contributed by atoms with Gasteiger partial charge < -0.3 is 96.7 Å². The van der Waals surface area contributed by atoms with Gasteiger partial charge >= 0.3 is 35.9 Å². The van der Waals surface area contributed by atoms with Gasteiger partial charge in [-0.15, -0.1) is 0 Å². The van der Waals surface area contributed by atoms with Crippen molar-refractivity contribution in [3.05, 3.63) is 169 Å². The van der Waals surface area contributed by atoms with E-state index in [1.807, 2.05) is 65.7 Å². The SMILES string of the molecule is COc1cc(C(=O)NN2CCN(C(=O)OCc3ccccc3)CC2)ccc1Nc1ncc2c(n1)N(C1CCCCC1)CC(F)(F)C(=O)N2C.COc1cc(C(=O)NN2CCNCC2)ccc1Nc1ncc2c(n1)N(C1CCCCC1)CC(F)(F)C(=O)N2C.COc1cc(C(=O)O)ccc1Nc1ncc2c(n1)N(C1CCCCC1)CC(F)(F)C(=O)N2C.NN1CCN(C(=O)OCc2ccccc2)CC1.[CH3-].[Pd]. The maximum absolute atomic E-state index is 15.0. The molecule has 45 heteroatoms. The van der Waals surface area contributed by atoms with E-state index in [-0.39, 0.29) is 128 Å². The predicted molar refractivity (Wildman–Crippen MR) is 509 cm³/mol. The van der Waals surface area contributed by atoms with Crippen molar-refractivity contribution in [3.63, 3.8) is 0 Å². The number of hydrogen-bond acceptors (Lipinski definition) is 30. The number of rotatable bonds is 21. The van der Waals surface area contributed by atoms with E-state index in [1.54, 1.807) is 66.0 Å². The van der Waals surface area contributed by atoms with E-state index in [0.29, 0.717) is 118 Å².